The zero-order valence-electron chi connectivity index (χ0n) is 17.6. The second-order valence-electron chi connectivity index (χ2n) is 6.99. The number of rotatable bonds is 6. The highest BCUT2D eigenvalue weighted by Gasteiger charge is 2.25. The van der Waals surface area contributed by atoms with Crippen LogP contribution in [0.1, 0.15) is 11.1 Å². The maximum atomic E-state index is 13.1. The summed E-state index contributed by atoms with van der Waals surface area (Å²) in [5.74, 6) is 0.394. The number of methoxy groups -OCH3 is 1. The van der Waals surface area contributed by atoms with E-state index in [4.69, 9.17) is 32.7 Å². The Hall–Kier alpha value is -2.52. The fourth-order valence-electron chi connectivity index (χ4n) is 2.99. The van der Waals surface area contributed by atoms with Crippen LogP contribution in [0, 0.1) is 5.82 Å². The van der Waals surface area contributed by atoms with Crippen LogP contribution in [0.25, 0.3) is 6.08 Å². The van der Waals surface area contributed by atoms with Crippen molar-refractivity contribution < 1.29 is 18.7 Å². The average molecular weight is 582 g/mol. The van der Waals surface area contributed by atoms with E-state index in [2.05, 4.69) is 26.2 Å². The Balaban J connectivity index is 1.55. The molecule has 0 bridgehead atoms. The van der Waals surface area contributed by atoms with Crippen molar-refractivity contribution in [2.24, 2.45) is 4.99 Å². The zero-order chi connectivity index (χ0) is 24.2. The van der Waals surface area contributed by atoms with Gasteiger partial charge in [0.15, 0.2) is 16.7 Å². The Kier molecular flexibility index (Phi) is 7.83. The molecule has 1 fully saturated rings. The van der Waals surface area contributed by atoms with Crippen LogP contribution in [-0.4, -0.2) is 18.2 Å². The molecule has 1 amide bonds. The van der Waals surface area contributed by atoms with Gasteiger partial charge >= 0.3 is 0 Å². The number of ether oxygens (including phenoxy) is 2. The van der Waals surface area contributed by atoms with Crippen molar-refractivity contribution in [1.82, 2.24) is 5.32 Å². The zero-order valence-corrected chi connectivity index (χ0v) is 21.5. The van der Waals surface area contributed by atoms with E-state index in [1.165, 1.54) is 31.0 Å². The van der Waals surface area contributed by atoms with Gasteiger partial charge in [-0.15, -0.1) is 0 Å². The molecule has 0 spiro atoms. The van der Waals surface area contributed by atoms with E-state index in [-0.39, 0.29) is 18.3 Å². The maximum Gasteiger partial charge on any atom is 0.264 e. The molecule has 0 radical (unpaired) electrons. The fraction of sp³-hybridized carbons (Fsp3) is 0.0833. The van der Waals surface area contributed by atoms with E-state index < -0.39 is 0 Å². The maximum absolute atomic E-state index is 13.1. The van der Waals surface area contributed by atoms with E-state index in [1.807, 2.05) is 0 Å². The lowest BCUT2D eigenvalue weighted by molar-refractivity contribution is -0.115. The van der Waals surface area contributed by atoms with Crippen molar-refractivity contribution in [3.05, 3.63) is 91.0 Å². The van der Waals surface area contributed by atoms with Crippen LogP contribution in [0.3, 0.4) is 0 Å². The topological polar surface area (TPSA) is 59.9 Å². The van der Waals surface area contributed by atoms with Gasteiger partial charge in [-0.05, 0) is 65.4 Å². The highest BCUT2D eigenvalue weighted by molar-refractivity contribution is 9.10. The Bertz CT molecular complexity index is 1320. The third-order valence-corrected chi connectivity index (χ3v) is 7.09. The van der Waals surface area contributed by atoms with Gasteiger partial charge in [0.2, 0.25) is 0 Å². The largest absolute Gasteiger partial charge is 0.493 e. The van der Waals surface area contributed by atoms with Crippen LogP contribution in [0.2, 0.25) is 10.0 Å². The molecule has 1 aliphatic heterocycles. The van der Waals surface area contributed by atoms with Crippen molar-refractivity contribution >= 4 is 73.7 Å². The van der Waals surface area contributed by atoms with Crippen molar-refractivity contribution in [1.29, 1.82) is 0 Å². The lowest BCUT2D eigenvalue weighted by atomic mass is 10.1. The van der Waals surface area contributed by atoms with Crippen LogP contribution in [0.15, 0.2) is 69.0 Å². The minimum atomic E-state index is -0.306. The van der Waals surface area contributed by atoms with E-state index in [1.54, 1.807) is 48.5 Å². The highest BCUT2D eigenvalue weighted by atomic mass is 79.9. The predicted octanol–water partition coefficient (Wildman–Crippen LogP) is 7.37. The van der Waals surface area contributed by atoms with E-state index >= 15 is 0 Å². The molecule has 4 rings (SSSR count). The summed E-state index contributed by atoms with van der Waals surface area (Å²) in [6.45, 7) is 0.244. The first-order valence-electron chi connectivity index (χ1n) is 9.82. The molecule has 3 aromatic rings. The van der Waals surface area contributed by atoms with Crippen molar-refractivity contribution in [2.45, 2.75) is 6.61 Å². The summed E-state index contributed by atoms with van der Waals surface area (Å²) in [7, 11) is 1.53. The van der Waals surface area contributed by atoms with Gasteiger partial charge in [-0.3, -0.25) is 4.79 Å². The van der Waals surface area contributed by atoms with Crippen LogP contribution in [-0.2, 0) is 11.4 Å². The number of nitrogens with one attached hydrogen (secondary N) is 1. The number of benzene rings is 3. The summed E-state index contributed by atoms with van der Waals surface area (Å²) in [5, 5.41) is 3.81. The number of hydrogen-bond acceptors (Lipinski definition) is 5. The first-order valence-corrected chi connectivity index (χ1v) is 12.2. The van der Waals surface area contributed by atoms with Gasteiger partial charge in [-0.1, -0.05) is 57.3 Å². The first kappa shape index (κ1) is 24.6. The summed E-state index contributed by atoms with van der Waals surface area (Å²) in [6.07, 6.45) is 1.72. The van der Waals surface area contributed by atoms with Crippen molar-refractivity contribution in [2.75, 3.05) is 7.11 Å². The van der Waals surface area contributed by atoms with Gasteiger partial charge < -0.3 is 14.8 Å². The standard InChI is InChI=1S/C24H16BrCl2FN2O3S/c1-32-19-9-14(16(25)11-20(19)33-12-13-5-7-15(28)8-6-13)10-21-23(31)30-24(34-21)29-18-4-2-3-17(26)22(18)27/h2-11H,12H2,1H3,(H,29,30,31)/b21-10+. The molecular weight excluding hydrogens is 566 g/mol. The SMILES string of the molecule is COc1cc(/C=C2/SC(=Nc3cccc(Cl)c3Cl)NC2=O)c(Br)cc1OCc1ccc(F)cc1. The molecule has 0 saturated carbocycles. The fourth-order valence-corrected chi connectivity index (χ4v) is 4.59. The molecule has 0 aliphatic carbocycles. The Morgan fingerprint density at radius 1 is 1.15 bits per heavy atom. The molecule has 5 nitrogen and oxygen atoms in total. The Labute approximate surface area is 218 Å². The number of aliphatic imine (C=N–C) groups is 1. The number of amides is 1. The number of halogens is 4. The molecule has 174 valence electrons. The number of nitrogens with zero attached hydrogens (tertiary/aromatic N) is 1. The summed E-state index contributed by atoms with van der Waals surface area (Å²) < 4.78 is 25.1. The quantitative estimate of drug-likeness (QED) is 0.309. The first-order chi connectivity index (χ1) is 16.3. The number of carbonyl (C=O) groups is 1. The molecule has 1 saturated heterocycles. The molecule has 0 atom stereocenters. The normalized spacial score (nSPS) is 15.6. The molecule has 1 aliphatic rings. The van der Waals surface area contributed by atoms with Gasteiger partial charge in [-0.25, -0.2) is 9.38 Å². The van der Waals surface area contributed by atoms with Gasteiger partial charge in [0, 0.05) is 4.47 Å². The lowest BCUT2D eigenvalue weighted by Gasteiger charge is -2.13. The smallest absolute Gasteiger partial charge is 0.264 e. The predicted molar refractivity (Wildman–Crippen MR) is 139 cm³/mol. The Morgan fingerprint density at radius 2 is 1.91 bits per heavy atom. The van der Waals surface area contributed by atoms with E-state index in [9.17, 15) is 9.18 Å². The van der Waals surface area contributed by atoms with Crippen LogP contribution in [0.5, 0.6) is 11.5 Å². The summed E-state index contributed by atoms with van der Waals surface area (Å²) >= 11 is 16.9. The average Bonchev–Trinajstić information content (AvgIpc) is 3.16. The number of thioether (sulfide) groups is 1. The molecule has 0 unspecified atom stereocenters. The molecule has 1 heterocycles. The lowest BCUT2D eigenvalue weighted by Crippen LogP contribution is -2.19. The minimum Gasteiger partial charge on any atom is -0.493 e. The third kappa shape index (κ3) is 5.75. The second kappa shape index (κ2) is 10.8. The summed E-state index contributed by atoms with van der Waals surface area (Å²) in [4.78, 5) is 17.4. The molecule has 10 heteroatoms. The van der Waals surface area contributed by atoms with Crippen LogP contribution >= 0.6 is 50.9 Å². The number of hydrogen-bond donors (Lipinski definition) is 1. The van der Waals surface area contributed by atoms with Gasteiger partial charge in [-0.2, -0.15) is 0 Å². The second-order valence-corrected chi connectivity index (χ2v) is 9.66. The van der Waals surface area contributed by atoms with Crippen molar-refractivity contribution in [3.63, 3.8) is 0 Å². The third-order valence-electron chi connectivity index (χ3n) is 4.68. The van der Waals surface area contributed by atoms with Crippen LogP contribution in [0.4, 0.5) is 10.1 Å². The number of amidine groups is 1. The summed E-state index contributed by atoms with van der Waals surface area (Å²) in [6, 6.07) is 14.7. The van der Waals surface area contributed by atoms with Gasteiger partial charge in [0.25, 0.3) is 5.91 Å². The summed E-state index contributed by atoms with van der Waals surface area (Å²) in [5.41, 5.74) is 1.99. The van der Waals surface area contributed by atoms with E-state index in [0.29, 0.717) is 47.3 Å². The molecule has 0 aromatic heterocycles. The van der Waals surface area contributed by atoms with Gasteiger partial charge in [0.1, 0.15) is 12.4 Å². The van der Waals surface area contributed by atoms with Crippen LogP contribution < -0.4 is 14.8 Å². The minimum absolute atomic E-state index is 0.244. The van der Waals surface area contributed by atoms with Gasteiger partial charge in [0.05, 0.1) is 27.7 Å². The highest BCUT2D eigenvalue weighted by Crippen LogP contribution is 2.38. The molecule has 34 heavy (non-hydrogen) atoms. The molecular formula is C24H16BrCl2FN2O3S. The van der Waals surface area contributed by atoms with Crippen molar-refractivity contribution in [3.8, 4) is 11.5 Å². The Morgan fingerprint density at radius 3 is 2.65 bits per heavy atom. The number of carbonyl (C=O) groups excluding carboxylic acids is 1. The van der Waals surface area contributed by atoms with E-state index in [0.717, 1.165) is 5.56 Å². The monoisotopic (exact) mass is 580 g/mol. The molecule has 1 N–H and O–H groups in total. The molecule has 3 aromatic carbocycles.